The zero-order valence-corrected chi connectivity index (χ0v) is 26.5. The number of rotatable bonds is 4. The summed E-state index contributed by atoms with van der Waals surface area (Å²) < 4.78 is 34.1. The summed E-state index contributed by atoms with van der Waals surface area (Å²) in [7, 11) is 0. The maximum Gasteiger partial charge on any atom is 0.136 e. The van der Waals surface area contributed by atoms with Crippen molar-refractivity contribution in [2.75, 3.05) is 0 Å². The molecule has 0 saturated heterocycles. The van der Waals surface area contributed by atoms with Crippen LogP contribution in [0.5, 0.6) is 0 Å². The predicted octanol–water partition coefficient (Wildman–Crippen LogP) is 13.7. The van der Waals surface area contributed by atoms with Crippen molar-refractivity contribution in [3.63, 3.8) is 0 Å². The van der Waals surface area contributed by atoms with Crippen LogP contribution >= 0.6 is 0 Å². The standard InChI is InChI=1S/C48H30O/c1-2-12-31(13-3-1)32-16-10-18-37(26-32)47-40-20-6-8-22-42(40)48(43-23-9-7-21-41(43)47)38-19-11-17-33(27-38)36-24-25-39-44-28-34-14-4-5-15-35(34)29-46(44)49-45(39)30-36/h1-30H/i24D,25D,30D. The lowest BCUT2D eigenvalue weighted by atomic mass is 9.85. The van der Waals surface area contributed by atoms with E-state index in [0.717, 1.165) is 54.4 Å². The van der Waals surface area contributed by atoms with Crippen molar-refractivity contribution in [2.24, 2.45) is 0 Å². The first-order valence-corrected chi connectivity index (χ1v) is 16.6. The lowest BCUT2D eigenvalue weighted by Crippen LogP contribution is -1.91. The van der Waals surface area contributed by atoms with Crippen molar-refractivity contribution in [1.29, 1.82) is 0 Å². The largest absolute Gasteiger partial charge is 0.456 e. The molecular weight excluding hydrogens is 593 g/mol. The van der Waals surface area contributed by atoms with Crippen molar-refractivity contribution in [2.45, 2.75) is 0 Å². The Balaban J connectivity index is 1.19. The molecule has 0 atom stereocenters. The van der Waals surface area contributed by atoms with Crippen LogP contribution < -0.4 is 0 Å². The molecule has 1 aromatic heterocycles. The number of fused-ring (bicyclic) bond motifs is 6. The SMILES string of the molecule is [2H]c1c(-c2cccc(-c3c4ccccc4c(-c4cccc(-c5ccccc5)c4)c4ccccc34)c2)c([2H])c2oc3cc4ccccc4cc3c2c1[2H]. The van der Waals surface area contributed by atoms with E-state index in [9.17, 15) is 2.74 Å². The van der Waals surface area contributed by atoms with Crippen LogP contribution in [-0.4, -0.2) is 0 Å². The number of hydrogen-bond donors (Lipinski definition) is 0. The molecule has 1 heteroatoms. The van der Waals surface area contributed by atoms with Gasteiger partial charge in [-0.2, -0.15) is 0 Å². The highest BCUT2D eigenvalue weighted by atomic mass is 16.3. The van der Waals surface area contributed by atoms with E-state index in [-0.39, 0.29) is 18.1 Å². The number of furan rings is 1. The van der Waals surface area contributed by atoms with Gasteiger partial charge in [0.25, 0.3) is 0 Å². The molecule has 1 heterocycles. The van der Waals surface area contributed by atoms with E-state index < -0.39 is 0 Å². The summed E-state index contributed by atoms with van der Waals surface area (Å²) in [5, 5.41) is 7.88. The molecule has 0 unspecified atom stereocenters. The Kier molecular flexibility index (Phi) is 5.58. The maximum atomic E-state index is 9.37. The van der Waals surface area contributed by atoms with Crippen LogP contribution in [0, 0.1) is 0 Å². The molecular formula is C48H30O. The smallest absolute Gasteiger partial charge is 0.136 e. The predicted molar refractivity (Wildman–Crippen MR) is 208 cm³/mol. The highest BCUT2D eigenvalue weighted by Crippen LogP contribution is 2.45. The highest BCUT2D eigenvalue weighted by molar-refractivity contribution is 6.21. The number of hydrogen-bond acceptors (Lipinski definition) is 1. The first-order chi connectivity index (χ1) is 25.5. The van der Waals surface area contributed by atoms with Gasteiger partial charge in [-0.3, -0.25) is 0 Å². The van der Waals surface area contributed by atoms with E-state index in [0.29, 0.717) is 27.7 Å². The molecule has 0 bridgehead atoms. The van der Waals surface area contributed by atoms with Crippen LogP contribution in [0.25, 0.3) is 98.8 Å². The summed E-state index contributed by atoms with van der Waals surface area (Å²) in [5.74, 6) is 0. The topological polar surface area (TPSA) is 13.1 Å². The molecule has 10 aromatic rings. The molecule has 0 aliphatic heterocycles. The van der Waals surface area contributed by atoms with Gasteiger partial charge < -0.3 is 4.42 Å². The minimum absolute atomic E-state index is 0.0221. The molecule has 228 valence electrons. The third kappa shape index (κ3) is 4.55. The fourth-order valence-electron chi connectivity index (χ4n) is 7.47. The molecule has 10 rings (SSSR count). The van der Waals surface area contributed by atoms with Gasteiger partial charge in [-0.1, -0.05) is 146 Å². The second kappa shape index (κ2) is 11.1. The normalized spacial score (nSPS) is 12.5. The van der Waals surface area contributed by atoms with E-state index in [1.54, 1.807) is 0 Å². The minimum atomic E-state index is 0.0221. The van der Waals surface area contributed by atoms with Crippen LogP contribution in [0.4, 0.5) is 0 Å². The van der Waals surface area contributed by atoms with Crippen LogP contribution in [0.3, 0.4) is 0 Å². The van der Waals surface area contributed by atoms with Gasteiger partial charge in [-0.25, -0.2) is 0 Å². The maximum absolute atomic E-state index is 9.37. The first-order valence-electron chi connectivity index (χ1n) is 18.1. The average molecular weight is 626 g/mol. The highest BCUT2D eigenvalue weighted by Gasteiger charge is 2.18. The van der Waals surface area contributed by atoms with Gasteiger partial charge in [0.15, 0.2) is 0 Å². The Morgan fingerprint density at radius 3 is 1.43 bits per heavy atom. The summed E-state index contributed by atoms with van der Waals surface area (Å²) in [4.78, 5) is 0. The van der Waals surface area contributed by atoms with Crippen molar-refractivity contribution < 1.29 is 8.53 Å². The molecule has 1 nitrogen and oxygen atoms in total. The van der Waals surface area contributed by atoms with Crippen LogP contribution in [0.2, 0.25) is 0 Å². The Morgan fingerprint density at radius 2 is 0.816 bits per heavy atom. The summed E-state index contributed by atoms with van der Waals surface area (Å²) >= 11 is 0. The zero-order chi connectivity index (χ0) is 34.9. The van der Waals surface area contributed by atoms with Crippen LogP contribution in [0.15, 0.2) is 186 Å². The van der Waals surface area contributed by atoms with Gasteiger partial charge in [0.2, 0.25) is 0 Å². The minimum Gasteiger partial charge on any atom is -0.456 e. The molecule has 0 saturated carbocycles. The first kappa shape index (κ1) is 24.7. The van der Waals surface area contributed by atoms with E-state index in [4.69, 9.17) is 5.79 Å². The lowest BCUT2D eigenvalue weighted by Gasteiger charge is -2.18. The lowest BCUT2D eigenvalue weighted by molar-refractivity contribution is 0.669. The summed E-state index contributed by atoms with van der Waals surface area (Å²) in [6.07, 6.45) is 0. The Labute approximate surface area is 288 Å². The van der Waals surface area contributed by atoms with Crippen molar-refractivity contribution in [3.8, 4) is 44.5 Å². The second-order valence-corrected chi connectivity index (χ2v) is 12.6. The van der Waals surface area contributed by atoms with Gasteiger partial charge in [0.05, 0.1) is 4.11 Å². The van der Waals surface area contributed by atoms with Gasteiger partial charge in [0, 0.05) is 10.8 Å². The van der Waals surface area contributed by atoms with E-state index >= 15 is 0 Å². The summed E-state index contributed by atoms with van der Waals surface area (Å²) in [6.45, 7) is 0. The zero-order valence-electron chi connectivity index (χ0n) is 29.5. The van der Waals surface area contributed by atoms with E-state index in [2.05, 4.69) is 109 Å². The fraction of sp³-hybridized carbons (Fsp3) is 0. The molecule has 49 heavy (non-hydrogen) atoms. The molecule has 0 N–H and O–H groups in total. The third-order valence-corrected chi connectivity index (χ3v) is 9.74. The second-order valence-electron chi connectivity index (χ2n) is 12.6. The molecule has 0 amide bonds. The fourth-order valence-corrected chi connectivity index (χ4v) is 7.47. The van der Waals surface area contributed by atoms with Crippen molar-refractivity contribution in [1.82, 2.24) is 0 Å². The van der Waals surface area contributed by atoms with Crippen LogP contribution in [0.1, 0.15) is 4.11 Å². The van der Waals surface area contributed by atoms with Crippen molar-refractivity contribution >= 4 is 54.3 Å². The van der Waals surface area contributed by atoms with Crippen molar-refractivity contribution in [3.05, 3.63) is 182 Å². The van der Waals surface area contributed by atoms with Gasteiger partial charge in [-0.15, -0.1) is 0 Å². The van der Waals surface area contributed by atoms with Crippen LogP contribution in [-0.2, 0) is 0 Å². The quantitative estimate of drug-likeness (QED) is 0.177. The third-order valence-electron chi connectivity index (χ3n) is 9.74. The van der Waals surface area contributed by atoms with E-state index in [1.165, 1.54) is 16.7 Å². The molecule has 0 aliphatic rings. The summed E-state index contributed by atoms with van der Waals surface area (Å²) in [5.41, 5.74) is 8.83. The van der Waals surface area contributed by atoms with Gasteiger partial charge in [0.1, 0.15) is 11.2 Å². The Morgan fingerprint density at radius 1 is 0.327 bits per heavy atom. The van der Waals surface area contributed by atoms with E-state index in [1.807, 2.05) is 54.6 Å². The number of benzene rings is 9. The molecule has 0 spiro atoms. The Bertz CT molecular complexity index is 2990. The average Bonchev–Trinajstić information content (AvgIpc) is 3.57. The molecule has 0 radical (unpaired) electrons. The monoisotopic (exact) mass is 625 g/mol. The molecule has 9 aromatic carbocycles. The van der Waals surface area contributed by atoms with Gasteiger partial charge >= 0.3 is 0 Å². The summed E-state index contributed by atoms with van der Waals surface area (Å²) in [6, 6.07) is 56.7. The Hall–Kier alpha value is -6.44. The molecule has 0 aliphatic carbocycles. The molecule has 0 fully saturated rings. The van der Waals surface area contributed by atoms with Gasteiger partial charge in [-0.05, 0) is 113 Å².